The van der Waals surface area contributed by atoms with Crippen LogP contribution in [0.3, 0.4) is 0 Å². The molecule has 15 heavy (non-hydrogen) atoms. The van der Waals surface area contributed by atoms with Gasteiger partial charge in [-0.2, -0.15) is 0 Å². The Labute approximate surface area is 94.7 Å². The molecule has 4 nitrogen and oxygen atoms in total. The molecule has 0 radical (unpaired) electrons. The minimum atomic E-state index is -0.835. The molecule has 1 unspecified atom stereocenters. The maximum Gasteiger partial charge on any atom is 0.322 e. The van der Waals surface area contributed by atoms with Gasteiger partial charge >= 0.3 is 5.97 Å². The highest BCUT2D eigenvalue weighted by molar-refractivity contribution is 9.10. The minimum Gasteiger partial charge on any atom is -0.468 e. The lowest BCUT2D eigenvalue weighted by Gasteiger charge is -2.05. The Morgan fingerprint density at radius 3 is 2.93 bits per heavy atom. The Morgan fingerprint density at radius 2 is 2.27 bits per heavy atom. The predicted octanol–water partition coefficient (Wildman–Crippen LogP) is 1.66. The highest BCUT2D eigenvalue weighted by atomic mass is 79.9. The molecule has 1 aliphatic rings. The van der Waals surface area contributed by atoms with E-state index in [1.165, 1.54) is 7.11 Å². The smallest absolute Gasteiger partial charge is 0.322 e. The molecule has 0 fully saturated rings. The van der Waals surface area contributed by atoms with Gasteiger partial charge in [0.2, 0.25) is 5.91 Å². The predicted molar refractivity (Wildman–Crippen MR) is 57.5 cm³/mol. The molecule has 0 saturated heterocycles. The van der Waals surface area contributed by atoms with Crippen molar-refractivity contribution in [1.82, 2.24) is 0 Å². The van der Waals surface area contributed by atoms with Gasteiger partial charge in [0.05, 0.1) is 7.11 Å². The van der Waals surface area contributed by atoms with E-state index >= 15 is 0 Å². The highest BCUT2D eigenvalue weighted by Gasteiger charge is 2.37. The van der Waals surface area contributed by atoms with Gasteiger partial charge < -0.3 is 10.1 Å². The Hall–Kier alpha value is -1.36. The molecule has 78 valence electrons. The molecule has 1 amide bonds. The first-order valence-electron chi connectivity index (χ1n) is 4.31. The number of esters is 1. The van der Waals surface area contributed by atoms with Crippen LogP contribution in [0.4, 0.5) is 5.69 Å². The van der Waals surface area contributed by atoms with Crippen molar-refractivity contribution in [1.29, 1.82) is 0 Å². The Balaban J connectivity index is 2.46. The molecular weight excluding hydrogens is 262 g/mol. The molecule has 1 heterocycles. The van der Waals surface area contributed by atoms with Crippen LogP contribution in [-0.4, -0.2) is 19.0 Å². The van der Waals surface area contributed by atoms with E-state index in [0.29, 0.717) is 11.3 Å². The lowest BCUT2D eigenvalue weighted by atomic mass is 10.0. The minimum absolute atomic E-state index is 0.338. The van der Waals surface area contributed by atoms with Crippen molar-refractivity contribution < 1.29 is 14.3 Å². The van der Waals surface area contributed by atoms with Crippen molar-refractivity contribution in [2.24, 2.45) is 0 Å². The van der Waals surface area contributed by atoms with Crippen molar-refractivity contribution in [3.8, 4) is 0 Å². The van der Waals surface area contributed by atoms with Crippen molar-refractivity contribution in [3.63, 3.8) is 0 Å². The topological polar surface area (TPSA) is 55.4 Å². The molecule has 1 aromatic carbocycles. The Morgan fingerprint density at radius 1 is 1.53 bits per heavy atom. The van der Waals surface area contributed by atoms with Gasteiger partial charge in [0.1, 0.15) is 0 Å². The molecule has 1 atom stereocenters. The summed E-state index contributed by atoms with van der Waals surface area (Å²) in [6.07, 6.45) is 0. The highest BCUT2D eigenvalue weighted by Crippen LogP contribution is 2.34. The van der Waals surface area contributed by atoms with Crippen molar-refractivity contribution >= 4 is 33.5 Å². The molecule has 2 rings (SSSR count). The summed E-state index contributed by atoms with van der Waals surface area (Å²) in [5.74, 6) is -1.71. The van der Waals surface area contributed by atoms with Crippen LogP contribution < -0.4 is 5.32 Å². The zero-order valence-corrected chi connectivity index (χ0v) is 9.50. The average Bonchev–Trinajstić information content (AvgIpc) is 2.52. The number of benzene rings is 1. The largest absolute Gasteiger partial charge is 0.468 e. The summed E-state index contributed by atoms with van der Waals surface area (Å²) in [4.78, 5) is 22.9. The number of carbonyl (C=O) groups is 2. The second-order valence-electron chi connectivity index (χ2n) is 3.18. The Bertz CT molecular complexity index is 444. The summed E-state index contributed by atoms with van der Waals surface area (Å²) in [5.41, 5.74) is 1.32. The van der Waals surface area contributed by atoms with E-state index in [1.54, 1.807) is 18.2 Å². The first-order chi connectivity index (χ1) is 7.13. The summed E-state index contributed by atoms with van der Waals surface area (Å²) < 4.78 is 5.43. The van der Waals surface area contributed by atoms with Crippen molar-refractivity contribution in [2.75, 3.05) is 12.4 Å². The van der Waals surface area contributed by atoms with E-state index in [1.807, 2.05) is 0 Å². The third kappa shape index (κ3) is 1.63. The van der Waals surface area contributed by atoms with Crippen LogP contribution in [0.5, 0.6) is 0 Å². The number of halogens is 1. The van der Waals surface area contributed by atoms with E-state index in [0.717, 1.165) is 4.47 Å². The second kappa shape index (κ2) is 3.66. The maximum atomic E-state index is 11.5. The summed E-state index contributed by atoms with van der Waals surface area (Å²) in [5, 5.41) is 2.63. The zero-order chi connectivity index (χ0) is 11.0. The SMILES string of the molecule is COC(=O)C1C(=O)Nc2cc(Br)ccc21. The molecule has 0 bridgehead atoms. The number of anilines is 1. The van der Waals surface area contributed by atoms with Crippen LogP contribution in [0, 0.1) is 0 Å². The van der Waals surface area contributed by atoms with Gasteiger partial charge in [-0.05, 0) is 17.7 Å². The molecule has 0 aliphatic carbocycles. The number of fused-ring (bicyclic) bond motifs is 1. The third-order valence-corrected chi connectivity index (χ3v) is 2.78. The number of carbonyl (C=O) groups excluding carboxylic acids is 2. The van der Waals surface area contributed by atoms with Crippen molar-refractivity contribution in [3.05, 3.63) is 28.2 Å². The number of rotatable bonds is 1. The number of ether oxygens (including phenoxy) is 1. The van der Waals surface area contributed by atoms with Crippen LogP contribution in [-0.2, 0) is 14.3 Å². The molecular formula is C10H8BrNO3. The molecule has 0 aromatic heterocycles. The lowest BCUT2D eigenvalue weighted by Crippen LogP contribution is -2.21. The van der Waals surface area contributed by atoms with Gasteiger partial charge in [0.15, 0.2) is 5.92 Å². The van der Waals surface area contributed by atoms with E-state index in [-0.39, 0.29) is 5.91 Å². The number of hydrogen-bond acceptors (Lipinski definition) is 3. The molecule has 0 spiro atoms. The molecule has 1 aliphatic heterocycles. The van der Waals surface area contributed by atoms with Crippen LogP contribution in [0.1, 0.15) is 11.5 Å². The summed E-state index contributed by atoms with van der Waals surface area (Å²) in [6.45, 7) is 0. The fraction of sp³-hybridized carbons (Fsp3) is 0.200. The molecule has 1 N–H and O–H groups in total. The first-order valence-corrected chi connectivity index (χ1v) is 5.11. The van der Waals surface area contributed by atoms with E-state index < -0.39 is 11.9 Å². The van der Waals surface area contributed by atoms with Gasteiger partial charge in [-0.3, -0.25) is 9.59 Å². The number of methoxy groups -OCH3 is 1. The van der Waals surface area contributed by atoms with Crippen LogP contribution in [0.25, 0.3) is 0 Å². The maximum absolute atomic E-state index is 11.5. The number of nitrogens with one attached hydrogen (secondary N) is 1. The van der Waals surface area contributed by atoms with Crippen molar-refractivity contribution in [2.45, 2.75) is 5.92 Å². The zero-order valence-electron chi connectivity index (χ0n) is 7.91. The lowest BCUT2D eigenvalue weighted by molar-refractivity contribution is -0.144. The van der Waals surface area contributed by atoms with E-state index in [2.05, 4.69) is 26.0 Å². The average molecular weight is 270 g/mol. The monoisotopic (exact) mass is 269 g/mol. The summed E-state index contributed by atoms with van der Waals surface area (Å²) >= 11 is 3.29. The quantitative estimate of drug-likeness (QED) is 0.623. The van der Waals surface area contributed by atoms with Gasteiger partial charge in [-0.15, -0.1) is 0 Å². The second-order valence-corrected chi connectivity index (χ2v) is 4.09. The van der Waals surface area contributed by atoms with Gasteiger partial charge in [-0.25, -0.2) is 0 Å². The van der Waals surface area contributed by atoms with Crippen LogP contribution in [0.2, 0.25) is 0 Å². The summed E-state index contributed by atoms with van der Waals surface area (Å²) in [7, 11) is 1.27. The van der Waals surface area contributed by atoms with Crippen LogP contribution >= 0.6 is 15.9 Å². The number of amides is 1. The first kappa shape index (κ1) is 10.2. The normalized spacial score (nSPS) is 18.3. The number of hydrogen-bond donors (Lipinski definition) is 1. The standard InChI is InChI=1S/C10H8BrNO3/c1-15-10(14)8-6-3-2-5(11)4-7(6)12-9(8)13/h2-4,8H,1H3,(H,12,13). The van der Waals surface area contributed by atoms with Crippen LogP contribution in [0.15, 0.2) is 22.7 Å². The molecule has 5 heteroatoms. The Kier molecular flexibility index (Phi) is 2.48. The molecule has 0 saturated carbocycles. The third-order valence-electron chi connectivity index (χ3n) is 2.28. The summed E-state index contributed by atoms with van der Waals surface area (Å²) in [6, 6.07) is 5.28. The van der Waals surface area contributed by atoms with E-state index in [9.17, 15) is 9.59 Å². The van der Waals surface area contributed by atoms with E-state index in [4.69, 9.17) is 0 Å². The van der Waals surface area contributed by atoms with Gasteiger partial charge in [0, 0.05) is 10.2 Å². The fourth-order valence-corrected chi connectivity index (χ4v) is 1.95. The van der Waals surface area contributed by atoms with Gasteiger partial charge in [0.25, 0.3) is 0 Å². The van der Waals surface area contributed by atoms with Gasteiger partial charge in [-0.1, -0.05) is 22.0 Å². The molecule has 1 aromatic rings. The fourth-order valence-electron chi connectivity index (χ4n) is 1.59.